The molecule has 84 valence electrons. The average Bonchev–Trinajstić information content (AvgIpc) is 2.26. The topological polar surface area (TPSA) is 52.9 Å². The lowest BCUT2D eigenvalue weighted by molar-refractivity contribution is 0.0536. The zero-order valence-electron chi connectivity index (χ0n) is 9.05. The van der Waals surface area contributed by atoms with Crippen molar-refractivity contribution in [2.45, 2.75) is 6.10 Å². The molecule has 4 nitrogen and oxygen atoms in total. The van der Waals surface area contributed by atoms with Crippen LogP contribution in [0.1, 0.15) is 0 Å². The van der Waals surface area contributed by atoms with Gasteiger partial charge in [-0.15, -0.1) is 0 Å². The number of ether oxygens (including phenoxy) is 1. The monoisotopic (exact) mass is 211 g/mol. The number of benzene rings is 1. The van der Waals surface area contributed by atoms with E-state index in [0.29, 0.717) is 5.75 Å². The van der Waals surface area contributed by atoms with E-state index in [1.165, 1.54) is 0 Å². The molecular formula is C11H17NO3. The lowest BCUT2D eigenvalue weighted by Gasteiger charge is -2.14. The molecule has 0 spiro atoms. The number of hydrogen-bond donors (Lipinski definition) is 2. The standard InChI is InChI=1S/C11H17NO3/c1-12(2)9-3-5-11(6-4-9)15-8-10(14)7-13/h3-6,10,13-14H,7-8H2,1-2H3. The molecule has 0 aliphatic heterocycles. The zero-order chi connectivity index (χ0) is 11.3. The molecule has 0 aromatic heterocycles. The van der Waals surface area contributed by atoms with Crippen molar-refractivity contribution in [1.82, 2.24) is 0 Å². The maximum atomic E-state index is 9.08. The quantitative estimate of drug-likeness (QED) is 0.744. The normalized spacial score (nSPS) is 12.3. The molecule has 0 saturated carbocycles. The van der Waals surface area contributed by atoms with Gasteiger partial charge < -0.3 is 19.8 Å². The first kappa shape index (κ1) is 11.8. The summed E-state index contributed by atoms with van der Waals surface area (Å²) in [6.45, 7) is -0.173. The first-order valence-electron chi connectivity index (χ1n) is 4.82. The fourth-order valence-corrected chi connectivity index (χ4v) is 1.09. The minimum atomic E-state index is -0.821. The van der Waals surface area contributed by atoms with E-state index < -0.39 is 6.10 Å². The second kappa shape index (κ2) is 5.58. The second-order valence-electron chi connectivity index (χ2n) is 3.54. The van der Waals surface area contributed by atoms with Gasteiger partial charge in [0.25, 0.3) is 0 Å². The molecule has 15 heavy (non-hydrogen) atoms. The van der Waals surface area contributed by atoms with Crippen molar-refractivity contribution >= 4 is 5.69 Å². The zero-order valence-corrected chi connectivity index (χ0v) is 9.05. The molecule has 0 saturated heterocycles. The van der Waals surface area contributed by atoms with Gasteiger partial charge in [0, 0.05) is 19.8 Å². The van der Waals surface area contributed by atoms with E-state index in [9.17, 15) is 0 Å². The van der Waals surface area contributed by atoms with Crippen LogP contribution >= 0.6 is 0 Å². The first-order chi connectivity index (χ1) is 7.13. The largest absolute Gasteiger partial charge is 0.491 e. The summed E-state index contributed by atoms with van der Waals surface area (Å²) in [6.07, 6.45) is -0.821. The lowest BCUT2D eigenvalue weighted by Crippen LogP contribution is -2.21. The van der Waals surface area contributed by atoms with Gasteiger partial charge in [0.1, 0.15) is 18.5 Å². The maximum Gasteiger partial charge on any atom is 0.119 e. The Hall–Kier alpha value is -1.26. The van der Waals surface area contributed by atoms with E-state index in [1.54, 1.807) is 0 Å². The third kappa shape index (κ3) is 3.77. The van der Waals surface area contributed by atoms with Crippen LogP contribution in [0.3, 0.4) is 0 Å². The highest BCUT2D eigenvalue weighted by atomic mass is 16.5. The molecule has 0 aliphatic carbocycles. The molecule has 0 fully saturated rings. The van der Waals surface area contributed by atoms with Gasteiger partial charge in [-0.3, -0.25) is 0 Å². The van der Waals surface area contributed by atoms with Gasteiger partial charge in [0.05, 0.1) is 6.61 Å². The molecule has 1 aromatic carbocycles. The van der Waals surface area contributed by atoms with E-state index in [0.717, 1.165) is 5.69 Å². The van der Waals surface area contributed by atoms with Crippen molar-refractivity contribution in [2.75, 3.05) is 32.2 Å². The summed E-state index contributed by atoms with van der Waals surface area (Å²) in [5.74, 6) is 0.688. The number of aliphatic hydroxyl groups is 2. The molecule has 0 bridgehead atoms. The Morgan fingerprint density at radius 1 is 1.27 bits per heavy atom. The van der Waals surface area contributed by atoms with Crippen LogP contribution in [-0.2, 0) is 0 Å². The summed E-state index contributed by atoms with van der Waals surface area (Å²) < 4.78 is 5.26. The number of nitrogens with zero attached hydrogens (tertiary/aromatic N) is 1. The minimum Gasteiger partial charge on any atom is -0.491 e. The minimum absolute atomic E-state index is 0.109. The Bertz CT molecular complexity index is 284. The first-order valence-corrected chi connectivity index (χ1v) is 4.82. The third-order valence-electron chi connectivity index (χ3n) is 2.01. The van der Waals surface area contributed by atoms with Gasteiger partial charge >= 0.3 is 0 Å². The lowest BCUT2D eigenvalue weighted by atomic mass is 10.3. The van der Waals surface area contributed by atoms with Crippen LogP contribution in [0.4, 0.5) is 5.69 Å². The number of rotatable bonds is 5. The van der Waals surface area contributed by atoms with Crippen molar-refractivity contribution in [3.05, 3.63) is 24.3 Å². The van der Waals surface area contributed by atoms with E-state index >= 15 is 0 Å². The van der Waals surface area contributed by atoms with E-state index in [2.05, 4.69) is 0 Å². The maximum absolute atomic E-state index is 9.08. The van der Waals surface area contributed by atoms with E-state index in [4.69, 9.17) is 14.9 Å². The predicted octanol–water partition coefficient (Wildman–Crippen LogP) is 0.485. The molecule has 1 rings (SSSR count). The molecule has 2 N–H and O–H groups in total. The average molecular weight is 211 g/mol. The Labute approximate surface area is 89.7 Å². The highest BCUT2D eigenvalue weighted by molar-refractivity contribution is 5.47. The van der Waals surface area contributed by atoms with Crippen LogP contribution in [0.5, 0.6) is 5.75 Å². The summed E-state index contributed by atoms with van der Waals surface area (Å²) >= 11 is 0. The SMILES string of the molecule is CN(C)c1ccc(OCC(O)CO)cc1. The summed E-state index contributed by atoms with van der Waals surface area (Å²) in [5.41, 5.74) is 1.09. The smallest absolute Gasteiger partial charge is 0.119 e. The molecule has 4 heteroatoms. The number of anilines is 1. The molecule has 1 aromatic rings. The molecular weight excluding hydrogens is 194 g/mol. The molecule has 0 amide bonds. The molecule has 1 unspecified atom stereocenters. The predicted molar refractivity (Wildman–Crippen MR) is 59.4 cm³/mol. The molecule has 1 atom stereocenters. The summed E-state index contributed by atoms with van der Waals surface area (Å²) in [4.78, 5) is 1.99. The van der Waals surface area contributed by atoms with Gasteiger partial charge in [0.2, 0.25) is 0 Å². The molecule has 0 aliphatic rings. The van der Waals surface area contributed by atoms with Crippen LogP contribution in [0.2, 0.25) is 0 Å². The van der Waals surface area contributed by atoms with Gasteiger partial charge in [0.15, 0.2) is 0 Å². The second-order valence-corrected chi connectivity index (χ2v) is 3.54. The highest BCUT2D eigenvalue weighted by Gasteiger charge is 2.03. The van der Waals surface area contributed by atoms with Crippen LogP contribution in [-0.4, -0.2) is 43.6 Å². The highest BCUT2D eigenvalue weighted by Crippen LogP contribution is 2.17. The van der Waals surface area contributed by atoms with Gasteiger partial charge in [-0.05, 0) is 24.3 Å². The van der Waals surface area contributed by atoms with Crippen LogP contribution in [0.25, 0.3) is 0 Å². The van der Waals surface area contributed by atoms with Crippen molar-refractivity contribution in [1.29, 1.82) is 0 Å². The van der Waals surface area contributed by atoms with Gasteiger partial charge in [-0.2, -0.15) is 0 Å². The van der Waals surface area contributed by atoms with Crippen molar-refractivity contribution in [3.63, 3.8) is 0 Å². The number of aliphatic hydroxyl groups excluding tert-OH is 2. The van der Waals surface area contributed by atoms with Crippen molar-refractivity contribution in [3.8, 4) is 5.75 Å². The van der Waals surface area contributed by atoms with Crippen LogP contribution in [0, 0.1) is 0 Å². The Morgan fingerprint density at radius 3 is 2.33 bits per heavy atom. The Kier molecular flexibility index (Phi) is 4.39. The van der Waals surface area contributed by atoms with E-state index in [-0.39, 0.29) is 13.2 Å². The van der Waals surface area contributed by atoms with Crippen LogP contribution < -0.4 is 9.64 Å². The van der Waals surface area contributed by atoms with Crippen molar-refractivity contribution in [2.24, 2.45) is 0 Å². The molecule has 0 radical (unpaired) electrons. The molecule has 0 heterocycles. The summed E-state index contributed by atoms with van der Waals surface area (Å²) in [5, 5.41) is 17.7. The van der Waals surface area contributed by atoms with Crippen molar-refractivity contribution < 1.29 is 14.9 Å². The Balaban J connectivity index is 2.50. The Morgan fingerprint density at radius 2 is 1.87 bits per heavy atom. The van der Waals surface area contributed by atoms with Crippen LogP contribution in [0.15, 0.2) is 24.3 Å². The van der Waals surface area contributed by atoms with Gasteiger partial charge in [-0.1, -0.05) is 0 Å². The van der Waals surface area contributed by atoms with E-state index in [1.807, 2.05) is 43.3 Å². The van der Waals surface area contributed by atoms with Gasteiger partial charge in [-0.25, -0.2) is 0 Å². The fraction of sp³-hybridized carbons (Fsp3) is 0.455. The fourth-order valence-electron chi connectivity index (χ4n) is 1.09. The number of hydrogen-bond acceptors (Lipinski definition) is 4. The summed E-state index contributed by atoms with van der Waals surface area (Å²) in [7, 11) is 3.93. The third-order valence-corrected chi connectivity index (χ3v) is 2.01. The summed E-state index contributed by atoms with van der Waals surface area (Å²) in [6, 6.07) is 7.53.